The Morgan fingerprint density at radius 3 is 2.57 bits per heavy atom. The summed E-state index contributed by atoms with van der Waals surface area (Å²) in [6, 6.07) is 7.29. The quantitative estimate of drug-likeness (QED) is 0.881. The largest absolute Gasteiger partial charge is 0.384 e. The van der Waals surface area contributed by atoms with Gasteiger partial charge in [-0.15, -0.1) is 12.4 Å². The summed E-state index contributed by atoms with van der Waals surface area (Å²) in [5.74, 6) is 0. The molecule has 0 saturated carbocycles. The number of hydrogen-bond acceptors (Lipinski definition) is 4. The van der Waals surface area contributed by atoms with Crippen molar-refractivity contribution in [1.82, 2.24) is 9.62 Å². The Morgan fingerprint density at radius 1 is 1.33 bits per heavy atom. The molecule has 0 aromatic heterocycles. The summed E-state index contributed by atoms with van der Waals surface area (Å²) >= 11 is 0. The van der Waals surface area contributed by atoms with Gasteiger partial charge >= 0.3 is 0 Å². The van der Waals surface area contributed by atoms with Crippen molar-refractivity contribution in [3.8, 4) is 0 Å². The summed E-state index contributed by atoms with van der Waals surface area (Å²) in [4.78, 5) is 0.368. The molecule has 120 valence electrons. The van der Waals surface area contributed by atoms with Crippen LogP contribution < -0.4 is 5.32 Å². The average molecular weight is 335 g/mol. The minimum Gasteiger partial charge on any atom is -0.384 e. The molecule has 1 fully saturated rings. The lowest BCUT2D eigenvalue weighted by Gasteiger charge is -2.31. The Hall–Kier alpha value is -0.660. The molecule has 1 atom stereocenters. The zero-order valence-electron chi connectivity index (χ0n) is 12.4. The lowest BCUT2D eigenvalue weighted by Crippen LogP contribution is -2.51. The second-order valence-corrected chi connectivity index (χ2v) is 7.04. The van der Waals surface area contributed by atoms with Gasteiger partial charge in [0.05, 0.1) is 11.5 Å². The number of piperazine rings is 1. The predicted octanol–water partition coefficient (Wildman–Crippen LogP) is 1.28. The highest BCUT2D eigenvalue weighted by molar-refractivity contribution is 7.89. The molecule has 1 aromatic carbocycles. The van der Waals surface area contributed by atoms with E-state index >= 15 is 0 Å². The highest BCUT2D eigenvalue weighted by Gasteiger charge is 2.28. The maximum atomic E-state index is 12.5. The van der Waals surface area contributed by atoms with Gasteiger partial charge in [-0.3, -0.25) is 0 Å². The second kappa shape index (κ2) is 8.10. The number of hydrogen-bond donors (Lipinski definition) is 1. The molecule has 1 aliphatic heterocycles. The zero-order valence-corrected chi connectivity index (χ0v) is 14.0. The molecule has 7 heteroatoms. The summed E-state index contributed by atoms with van der Waals surface area (Å²) in [5.41, 5.74) is 1.08. The topological polar surface area (TPSA) is 58.6 Å². The Labute approximate surface area is 133 Å². The molecule has 5 nitrogen and oxygen atoms in total. The fourth-order valence-corrected chi connectivity index (χ4v) is 3.84. The Balaban J connectivity index is 0.00000220. The van der Waals surface area contributed by atoms with Crippen LogP contribution in [0.3, 0.4) is 0 Å². The van der Waals surface area contributed by atoms with Crippen LogP contribution in [-0.4, -0.2) is 52.1 Å². The van der Waals surface area contributed by atoms with Crippen molar-refractivity contribution in [1.29, 1.82) is 0 Å². The van der Waals surface area contributed by atoms with Gasteiger partial charge in [-0.05, 0) is 31.0 Å². The van der Waals surface area contributed by atoms with Crippen LogP contribution in [0.25, 0.3) is 0 Å². The fraction of sp³-hybridized carbons (Fsp3) is 0.571. The Bertz CT molecular complexity index is 534. The van der Waals surface area contributed by atoms with Crippen molar-refractivity contribution in [3.05, 3.63) is 29.8 Å². The first kappa shape index (κ1) is 18.4. The van der Waals surface area contributed by atoms with Crippen molar-refractivity contribution in [2.24, 2.45) is 0 Å². The maximum absolute atomic E-state index is 12.5. The standard InChI is InChI=1S/C14H22N2O3S.ClH/c1-12-11-16(9-8-15-12)20(17,18)14-5-3-13(4-6-14)7-10-19-2;/h3-6,12,15H,7-11H2,1-2H3;1H. The summed E-state index contributed by atoms with van der Waals surface area (Å²) in [6.07, 6.45) is 0.793. The van der Waals surface area contributed by atoms with Crippen molar-refractivity contribution in [3.63, 3.8) is 0 Å². The van der Waals surface area contributed by atoms with E-state index in [1.165, 1.54) is 0 Å². The van der Waals surface area contributed by atoms with Gasteiger partial charge in [-0.2, -0.15) is 4.31 Å². The lowest BCUT2D eigenvalue weighted by atomic mass is 10.2. The summed E-state index contributed by atoms with van der Waals surface area (Å²) in [7, 11) is -1.71. The van der Waals surface area contributed by atoms with Gasteiger partial charge in [0.25, 0.3) is 0 Å². The SMILES string of the molecule is COCCc1ccc(S(=O)(=O)N2CCNC(C)C2)cc1.Cl. The van der Waals surface area contributed by atoms with E-state index in [2.05, 4.69) is 5.32 Å². The Kier molecular flexibility index (Phi) is 7.09. The molecule has 0 bridgehead atoms. The van der Waals surface area contributed by atoms with Crippen LogP contribution >= 0.6 is 12.4 Å². The number of ether oxygens (including phenoxy) is 1. The molecule has 21 heavy (non-hydrogen) atoms. The molecule has 0 aliphatic carbocycles. The van der Waals surface area contributed by atoms with Crippen LogP contribution in [0.4, 0.5) is 0 Å². The first-order chi connectivity index (χ1) is 9.54. The van der Waals surface area contributed by atoms with E-state index in [4.69, 9.17) is 4.74 Å². The smallest absolute Gasteiger partial charge is 0.243 e. The third kappa shape index (κ3) is 4.66. The van der Waals surface area contributed by atoms with Gasteiger partial charge in [0.1, 0.15) is 0 Å². The molecule has 1 aromatic rings. The van der Waals surface area contributed by atoms with Gasteiger partial charge in [0, 0.05) is 32.8 Å². The van der Waals surface area contributed by atoms with Crippen LogP contribution in [0, 0.1) is 0 Å². The first-order valence-electron chi connectivity index (χ1n) is 6.85. The van der Waals surface area contributed by atoms with E-state index in [-0.39, 0.29) is 18.4 Å². The van der Waals surface area contributed by atoms with Crippen LogP contribution in [0.15, 0.2) is 29.2 Å². The molecular weight excluding hydrogens is 312 g/mol. The minimum atomic E-state index is -3.37. The maximum Gasteiger partial charge on any atom is 0.243 e. The molecule has 1 aliphatic rings. The number of sulfonamides is 1. The van der Waals surface area contributed by atoms with Gasteiger partial charge in [-0.1, -0.05) is 12.1 Å². The van der Waals surface area contributed by atoms with E-state index in [1.807, 2.05) is 19.1 Å². The van der Waals surface area contributed by atoms with Crippen LogP contribution in [-0.2, 0) is 21.2 Å². The van der Waals surface area contributed by atoms with Crippen molar-refractivity contribution < 1.29 is 13.2 Å². The Morgan fingerprint density at radius 2 is 2.00 bits per heavy atom. The molecule has 0 amide bonds. The minimum absolute atomic E-state index is 0. The zero-order chi connectivity index (χ0) is 14.6. The number of methoxy groups -OCH3 is 1. The van der Waals surface area contributed by atoms with E-state index in [9.17, 15) is 8.42 Å². The molecular formula is C14H23ClN2O3S. The van der Waals surface area contributed by atoms with Gasteiger partial charge in [0.2, 0.25) is 10.0 Å². The van der Waals surface area contributed by atoms with E-state index in [1.54, 1.807) is 23.5 Å². The number of rotatable bonds is 5. The number of halogens is 1. The predicted molar refractivity (Wildman–Crippen MR) is 85.5 cm³/mol. The summed E-state index contributed by atoms with van der Waals surface area (Å²) in [5, 5.41) is 3.25. The highest BCUT2D eigenvalue weighted by atomic mass is 35.5. The summed E-state index contributed by atoms with van der Waals surface area (Å²) in [6.45, 7) is 4.38. The van der Waals surface area contributed by atoms with Crippen molar-refractivity contribution in [2.45, 2.75) is 24.3 Å². The first-order valence-corrected chi connectivity index (χ1v) is 8.29. The highest BCUT2D eigenvalue weighted by Crippen LogP contribution is 2.18. The normalized spacial score (nSPS) is 20.0. The average Bonchev–Trinajstić information content (AvgIpc) is 2.45. The fourth-order valence-electron chi connectivity index (χ4n) is 2.31. The van der Waals surface area contributed by atoms with Crippen LogP contribution in [0.1, 0.15) is 12.5 Å². The molecule has 1 heterocycles. The monoisotopic (exact) mass is 334 g/mol. The van der Waals surface area contributed by atoms with Gasteiger partial charge < -0.3 is 10.1 Å². The second-order valence-electron chi connectivity index (χ2n) is 5.10. The summed E-state index contributed by atoms with van der Waals surface area (Å²) < 4.78 is 31.6. The number of nitrogens with one attached hydrogen (secondary N) is 1. The number of benzene rings is 1. The number of nitrogens with zero attached hydrogens (tertiary/aromatic N) is 1. The van der Waals surface area contributed by atoms with E-state index in [0.29, 0.717) is 31.1 Å². The molecule has 2 rings (SSSR count). The molecule has 1 saturated heterocycles. The van der Waals surface area contributed by atoms with E-state index < -0.39 is 10.0 Å². The molecule has 0 radical (unpaired) electrons. The van der Waals surface area contributed by atoms with Crippen molar-refractivity contribution in [2.75, 3.05) is 33.4 Å². The van der Waals surface area contributed by atoms with Gasteiger partial charge in [-0.25, -0.2) is 8.42 Å². The van der Waals surface area contributed by atoms with Crippen LogP contribution in [0.2, 0.25) is 0 Å². The third-order valence-electron chi connectivity index (χ3n) is 3.49. The lowest BCUT2D eigenvalue weighted by molar-refractivity contribution is 0.202. The van der Waals surface area contributed by atoms with Crippen LogP contribution in [0.5, 0.6) is 0 Å². The van der Waals surface area contributed by atoms with Gasteiger partial charge in [0.15, 0.2) is 0 Å². The van der Waals surface area contributed by atoms with Crippen molar-refractivity contribution >= 4 is 22.4 Å². The molecule has 1 N–H and O–H groups in total. The molecule has 0 spiro atoms. The third-order valence-corrected chi connectivity index (χ3v) is 5.37. The van der Waals surface area contributed by atoms with E-state index in [0.717, 1.165) is 12.0 Å². The molecule has 1 unspecified atom stereocenters.